The number of fused-ring (bicyclic) bond motifs is 1. The standard InChI is InChI=1S/C17H16F3N3O3S/c1-10-7-21-11(5-15(10)25-2)8-27(24)16-22-13-4-3-12(6-14(13)23-16)26-9-17(18,19)20/h3-7H,8-9H2,1-2H3,(H,22,23). The molecule has 1 atom stereocenters. The second-order valence-corrected chi connectivity index (χ2v) is 7.13. The summed E-state index contributed by atoms with van der Waals surface area (Å²) in [5, 5.41) is 0.208. The Bertz CT molecular complexity index is 988. The number of nitrogens with zero attached hydrogens (tertiary/aromatic N) is 2. The zero-order chi connectivity index (χ0) is 19.6. The summed E-state index contributed by atoms with van der Waals surface area (Å²) in [6, 6.07) is 5.99. The molecule has 0 saturated heterocycles. The van der Waals surface area contributed by atoms with Gasteiger partial charge in [-0.25, -0.2) is 4.98 Å². The number of halogens is 3. The number of methoxy groups -OCH3 is 1. The molecule has 10 heteroatoms. The van der Waals surface area contributed by atoms with E-state index in [0.29, 0.717) is 22.5 Å². The molecule has 2 aromatic heterocycles. The molecule has 6 nitrogen and oxygen atoms in total. The SMILES string of the molecule is COc1cc(CS(=O)c2nc3ccc(OCC(F)(F)F)cc3[nH]2)ncc1C. The minimum Gasteiger partial charge on any atom is -0.496 e. The van der Waals surface area contributed by atoms with Gasteiger partial charge in [-0.05, 0) is 19.1 Å². The van der Waals surface area contributed by atoms with E-state index in [0.717, 1.165) is 5.56 Å². The van der Waals surface area contributed by atoms with Crippen LogP contribution in [0.25, 0.3) is 11.0 Å². The van der Waals surface area contributed by atoms with E-state index in [1.807, 2.05) is 6.92 Å². The van der Waals surface area contributed by atoms with Crippen molar-refractivity contribution < 1.29 is 26.9 Å². The number of ether oxygens (including phenoxy) is 2. The maximum absolute atomic E-state index is 12.6. The van der Waals surface area contributed by atoms with Gasteiger partial charge in [-0.3, -0.25) is 9.19 Å². The van der Waals surface area contributed by atoms with Gasteiger partial charge in [0.1, 0.15) is 11.5 Å². The van der Waals surface area contributed by atoms with Crippen LogP contribution in [-0.4, -0.2) is 39.1 Å². The molecule has 1 unspecified atom stereocenters. The first-order valence-corrected chi connectivity index (χ1v) is 9.14. The molecule has 0 aliphatic rings. The van der Waals surface area contributed by atoms with Crippen molar-refractivity contribution in [3.05, 3.63) is 41.7 Å². The predicted molar refractivity (Wildman–Crippen MR) is 93.3 cm³/mol. The number of pyridine rings is 1. The lowest BCUT2D eigenvalue weighted by Crippen LogP contribution is -2.19. The number of imidazole rings is 1. The van der Waals surface area contributed by atoms with E-state index >= 15 is 0 Å². The fraction of sp³-hybridized carbons (Fsp3) is 0.294. The van der Waals surface area contributed by atoms with Crippen molar-refractivity contribution in [1.29, 1.82) is 0 Å². The number of hydrogen-bond acceptors (Lipinski definition) is 5. The third-order valence-corrected chi connectivity index (χ3v) is 4.84. The predicted octanol–water partition coefficient (Wildman–Crippen LogP) is 3.52. The van der Waals surface area contributed by atoms with Crippen LogP contribution >= 0.6 is 0 Å². The highest BCUT2D eigenvalue weighted by atomic mass is 32.2. The van der Waals surface area contributed by atoms with Gasteiger partial charge in [0.25, 0.3) is 0 Å². The van der Waals surface area contributed by atoms with E-state index in [4.69, 9.17) is 9.47 Å². The molecule has 0 spiro atoms. The van der Waals surface area contributed by atoms with Gasteiger partial charge in [0.05, 0.1) is 40.4 Å². The number of H-pyrrole nitrogens is 1. The number of aromatic nitrogens is 3. The molecule has 2 heterocycles. The van der Waals surface area contributed by atoms with Crippen LogP contribution in [0.5, 0.6) is 11.5 Å². The molecule has 27 heavy (non-hydrogen) atoms. The van der Waals surface area contributed by atoms with Crippen LogP contribution in [0.3, 0.4) is 0 Å². The Balaban J connectivity index is 1.77. The van der Waals surface area contributed by atoms with Gasteiger partial charge in [-0.1, -0.05) is 0 Å². The summed E-state index contributed by atoms with van der Waals surface area (Å²) in [5.74, 6) is 0.812. The van der Waals surface area contributed by atoms with Crippen LogP contribution in [0.1, 0.15) is 11.3 Å². The van der Waals surface area contributed by atoms with Gasteiger partial charge in [-0.15, -0.1) is 0 Å². The van der Waals surface area contributed by atoms with Crippen molar-refractivity contribution in [1.82, 2.24) is 15.0 Å². The van der Waals surface area contributed by atoms with Gasteiger partial charge >= 0.3 is 6.18 Å². The molecule has 144 valence electrons. The Morgan fingerprint density at radius 1 is 1.26 bits per heavy atom. The first kappa shape index (κ1) is 19.2. The molecule has 0 radical (unpaired) electrons. The lowest BCUT2D eigenvalue weighted by Gasteiger charge is -2.08. The second kappa shape index (κ2) is 7.55. The van der Waals surface area contributed by atoms with E-state index in [-0.39, 0.29) is 16.7 Å². The molecule has 0 aliphatic carbocycles. The number of benzene rings is 1. The molecule has 1 aromatic carbocycles. The van der Waals surface area contributed by atoms with Crippen molar-refractivity contribution in [3.8, 4) is 11.5 Å². The number of rotatable bonds is 6. The van der Waals surface area contributed by atoms with Crippen LogP contribution in [0.15, 0.2) is 35.6 Å². The minimum atomic E-state index is -4.42. The molecule has 0 amide bonds. The van der Waals surface area contributed by atoms with Gasteiger partial charge in [0.2, 0.25) is 0 Å². The summed E-state index contributed by atoms with van der Waals surface area (Å²) in [7, 11) is 0.0286. The summed E-state index contributed by atoms with van der Waals surface area (Å²) in [5.41, 5.74) is 2.35. The van der Waals surface area contributed by atoms with E-state index in [2.05, 4.69) is 15.0 Å². The van der Waals surface area contributed by atoms with Crippen molar-refractivity contribution in [2.45, 2.75) is 24.0 Å². The molecule has 1 N–H and O–H groups in total. The lowest BCUT2D eigenvalue weighted by molar-refractivity contribution is -0.153. The molecular formula is C17H16F3N3O3S. The fourth-order valence-corrected chi connectivity index (χ4v) is 3.36. The Morgan fingerprint density at radius 2 is 2.04 bits per heavy atom. The Morgan fingerprint density at radius 3 is 2.74 bits per heavy atom. The van der Waals surface area contributed by atoms with Crippen molar-refractivity contribution in [2.75, 3.05) is 13.7 Å². The third-order valence-electron chi connectivity index (χ3n) is 3.66. The van der Waals surface area contributed by atoms with E-state index in [9.17, 15) is 17.4 Å². The Kier molecular flexibility index (Phi) is 5.36. The molecule has 3 rings (SSSR count). The highest BCUT2D eigenvalue weighted by Gasteiger charge is 2.28. The summed E-state index contributed by atoms with van der Waals surface area (Å²) >= 11 is 0. The average Bonchev–Trinajstić information content (AvgIpc) is 3.04. The van der Waals surface area contributed by atoms with E-state index < -0.39 is 23.6 Å². The van der Waals surface area contributed by atoms with E-state index in [1.165, 1.54) is 18.2 Å². The van der Waals surface area contributed by atoms with Gasteiger partial charge in [-0.2, -0.15) is 13.2 Å². The van der Waals surface area contributed by atoms with Crippen molar-refractivity contribution in [2.24, 2.45) is 0 Å². The van der Waals surface area contributed by atoms with E-state index in [1.54, 1.807) is 19.4 Å². The number of aromatic amines is 1. The lowest BCUT2D eigenvalue weighted by atomic mass is 10.2. The van der Waals surface area contributed by atoms with Crippen molar-refractivity contribution >= 4 is 21.8 Å². The number of nitrogens with one attached hydrogen (secondary N) is 1. The Hall–Kier alpha value is -2.62. The summed E-state index contributed by atoms with van der Waals surface area (Å²) in [4.78, 5) is 11.3. The summed E-state index contributed by atoms with van der Waals surface area (Å²) in [6.07, 6.45) is -2.79. The third kappa shape index (κ3) is 4.76. The highest BCUT2D eigenvalue weighted by molar-refractivity contribution is 7.84. The van der Waals surface area contributed by atoms with Crippen LogP contribution in [0.4, 0.5) is 13.2 Å². The molecule has 0 bridgehead atoms. The maximum atomic E-state index is 12.6. The maximum Gasteiger partial charge on any atom is 0.422 e. The number of hydrogen-bond donors (Lipinski definition) is 1. The fourth-order valence-electron chi connectivity index (χ4n) is 2.38. The molecule has 3 aromatic rings. The zero-order valence-electron chi connectivity index (χ0n) is 14.5. The van der Waals surface area contributed by atoms with Crippen LogP contribution in [0, 0.1) is 6.92 Å². The van der Waals surface area contributed by atoms with Gasteiger partial charge in [0, 0.05) is 23.9 Å². The van der Waals surface area contributed by atoms with Gasteiger partial charge in [0.15, 0.2) is 11.8 Å². The molecular weight excluding hydrogens is 383 g/mol. The highest BCUT2D eigenvalue weighted by Crippen LogP contribution is 2.24. The van der Waals surface area contributed by atoms with Crippen LogP contribution in [0.2, 0.25) is 0 Å². The smallest absolute Gasteiger partial charge is 0.422 e. The zero-order valence-corrected chi connectivity index (χ0v) is 15.3. The normalized spacial score (nSPS) is 12.9. The second-order valence-electron chi connectivity index (χ2n) is 5.76. The number of aryl methyl sites for hydroxylation is 1. The topological polar surface area (TPSA) is 77.1 Å². The molecule has 0 aliphatic heterocycles. The first-order valence-electron chi connectivity index (χ1n) is 7.82. The molecule has 0 saturated carbocycles. The molecule has 0 fully saturated rings. The monoisotopic (exact) mass is 399 g/mol. The Labute approximate surface area is 155 Å². The van der Waals surface area contributed by atoms with Crippen LogP contribution < -0.4 is 9.47 Å². The quantitative estimate of drug-likeness (QED) is 0.686. The first-order chi connectivity index (χ1) is 12.7. The van der Waals surface area contributed by atoms with Crippen LogP contribution in [-0.2, 0) is 16.6 Å². The summed E-state index contributed by atoms with van der Waals surface area (Å²) < 4.78 is 59.3. The minimum absolute atomic E-state index is 0.0470. The largest absolute Gasteiger partial charge is 0.496 e. The average molecular weight is 399 g/mol. The van der Waals surface area contributed by atoms with Gasteiger partial charge < -0.3 is 14.5 Å². The summed E-state index contributed by atoms with van der Waals surface area (Å²) in [6.45, 7) is 0.469. The van der Waals surface area contributed by atoms with Crippen molar-refractivity contribution in [3.63, 3.8) is 0 Å². The number of alkyl halides is 3.